The van der Waals surface area contributed by atoms with E-state index >= 15 is 0 Å². The number of aliphatic hydroxyl groups is 1. The molecule has 0 amide bonds. The average molecular weight is 224 g/mol. The largest absolute Gasteiger partial charge is 0.395 e. The van der Waals surface area contributed by atoms with Crippen LogP contribution in [-0.2, 0) is 10.2 Å². The minimum Gasteiger partial charge on any atom is -0.395 e. The molecule has 14 heavy (non-hydrogen) atoms. The fourth-order valence-corrected chi connectivity index (χ4v) is 2.16. The highest BCUT2D eigenvalue weighted by atomic mass is 32.2. The quantitative estimate of drug-likeness (QED) is 0.562. The summed E-state index contributed by atoms with van der Waals surface area (Å²) < 4.78 is 27.4. The van der Waals surface area contributed by atoms with E-state index in [1.807, 2.05) is 20.8 Å². The molecule has 86 valence electrons. The second-order valence-corrected chi connectivity index (χ2v) is 5.08. The molecule has 0 unspecified atom stereocenters. The molecule has 0 aliphatic rings. The van der Waals surface area contributed by atoms with Crippen LogP contribution in [0.4, 0.5) is 0 Å². The lowest BCUT2D eigenvalue weighted by Crippen LogP contribution is -2.46. The van der Waals surface area contributed by atoms with Gasteiger partial charge in [0.1, 0.15) is 0 Å². The first-order valence-corrected chi connectivity index (χ1v) is 6.29. The van der Waals surface area contributed by atoms with Crippen LogP contribution in [0.1, 0.15) is 27.2 Å². The van der Waals surface area contributed by atoms with Crippen LogP contribution in [0, 0.1) is 5.92 Å². The topological polar surface area (TPSA) is 78.4 Å². The molecule has 0 aliphatic carbocycles. The summed E-state index contributed by atoms with van der Waals surface area (Å²) >= 11 is 0. The smallest absolute Gasteiger partial charge is 0.277 e. The molecular weight excluding hydrogens is 204 g/mol. The van der Waals surface area contributed by atoms with Crippen LogP contribution in [0.3, 0.4) is 0 Å². The Morgan fingerprint density at radius 2 is 1.93 bits per heavy atom. The minimum absolute atomic E-state index is 0.0678. The van der Waals surface area contributed by atoms with E-state index in [1.54, 1.807) is 0 Å². The number of nitrogens with one attached hydrogen (secondary N) is 2. The molecule has 0 aromatic heterocycles. The monoisotopic (exact) mass is 224 g/mol. The van der Waals surface area contributed by atoms with Crippen LogP contribution in [0.5, 0.6) is 0 Å². The molecular formula is C8H20N2O3S. The molecule has 0 aromatic carbocycles. The van der Waals surface area contributed by atoms with Crippen LogP contribution in [0.2, 0.25) is 0 Å². The second-order valence-electron chi connectivity index (χ2n) is 3.55. The molecule has 0 spiro atoms. The third kappa shape index (κ3) is 5.54. The molecule has 0 saturated heterocycles. The third-order valence-electron chi connectivity index (χ3n) is 1.85. The highest BCUT2D eigenvalue weighted by molar-refractivity contribution is 7.87. The Bertz CT molecular complexity index is 239. The summed E-state index contributed by atoms with van der Waals surface area (Å²) in [7, 11) is -3.46. The molecule has 1 atom stereocenters. The molecule has 0 saturated carbocycles. The van der Waals surface area contributed by atoms with Gasteiger partial charge in [0.05, 0.1) is 6.61 Å². The number of hydrogen-bond acceptors (Lipinski definition) is 3. The third-order valence-corrected chi connectivity index (χ3v) is 3.05. The van der Waals surface area contributed by atoms with Gasteiger partial charge in [-0.05, 0) is 12.3 Å². The van der Waals surface area contributed by atoms with E-state index in [9.17, 15) is 8.42 Å². The van der Waals surface area contributed by atoms with Gasteiger partial charge in [-0.2, -0.15) is 13.1 Å². The molecule has 0 aromatic rings. The maximum atomic E-state index is 11.3. The summed E-state index contributed by atoms with van der Waals surface area (Å²) in [6, 6.07) is -0.427. The maximum Gasteiger partial charge on any atom is 0.277 e. The van der Waals surface area contributed by atoms with Gasteiger partial charge in [0, 0.05) is 12.6 Å². The van der Waals surface area contributed by atoms with E-state index < -0.39 is 16.3 Å². The van der Waals surface area contributed by atoms with E-state index in [0.29, 0.717) is 6.54 Å². The van der Waals surface area contributed by atoms with E-state index in [1.165, 1.54) is 0 Å². The second kappa shape index (κ2) is 6.34. The van der Waals surface area contributed by atoms with Crippen molar-refractivity contribution in [3.05, 3.63) is 0 Å². The van der Waals surface area contributed by atoms with E-state index in [-0.39, 0.29) is 12.5 Å². The highest BCUT2D eigenvalue weighted by Gasteiger charge is 2.18. The van der Waals surface area contributed by atoms with Gasteiger partial charge in [0.15, 0.2) is 0 Å². The molecule has 0 fully saturated rings. The number of rotatable bonds is 7. The Hall–Kier alpha value is -0.170. The molecule has 0 bridgehead atoms. The number of aliphatic hydroxyl groups excluding tert-OH is 1. The maximum absolute atomic E-state index is 11.3. The van der Waals surface area contributed by atoms with E-state index in [4.69, 9.17) is 5.11 Å². The Labute approximate surface area is 86.1 Å². The van der Waals surface area contributed by atoms with Crippen molar-refractivity contribution in [2.45, 2.75) is 33.2 Å². The first kappa shape index (κ1) is 13.8. The van der Waals surface area contributed by atoms with Gasteiger partial charge >= 0.3 is 0 Å². The first-order chi connectivity index (χ1) is 6.43. The molecule has 5 nitrogen and oxygen atoms in total. The Balaban J connectivity index is 4.18. The Morgan fingerprint density at radius 1 is 1.36 bits per heavy atom. The van der Waals surface area contributed by atoms with Gasteiger partial charge < -0.3 is 5.11 Å². The van der Waals surface area contributed by atoms with Gasteiger partial charge in [-0.15, -0.1) is 0 Å². The molecule has 0 rings (SSSR count). The van der Waals surface area contributed by atoms with Crippen molar-refractivity contribution in [2.75, 3.05) is 13.2 Å². The fourth-order valence-electron chi connectivity index (χ4n) is 0.862. The van der Waals surface area contributed by atoms with Crippen molar-refractivity contribution in [2.24, 2.45) is 5.92 Å². The highest BCUT2D eigenvalue weighted by Crippen LogP contribution is 2.01. The fraction of sp³-hybridized carbons (Fsp3) is 1.00. The summed E-state index contributed by atoms with van der Waals surface area (Å²) in [5, 5.41) is 8.93. The molecule has 0 heterocycles. The lowest BCUT2D eigenvalue weighted by molar-refractivity contribution is 0.227. The van der Waals surface area contributed by atoms with Gasteiger partial charge in [-0.1, -0.05) is 20.8 Å². The van der Waals surface area contributed by atoms with Crippen molar-refractivity contribution < 1.29 is 13.5 Å². The van der Waals surface area contributed by atoms with Gasteiger partial charge in [-0.3, -0.25) is 0 Å². The average Bonchev–Trinajstić information content (AvgIpc) is 2.10. The first-order valence-electron chi connectivity index (χ1n) is 4.80. The Morgan fingerprint density at radius 3 is 2.29 bits per heavy atom. The van der Waals surface area contributed by atoms with E-state index in [2.05, 4.69) is 9.44 Å². The molecule has 6 heteroatoms. The lowest BCUT2D eigenvalue weighted by atomic mass is 10.1. The molecule has 0 radical (unpaired) electrons. The standard InChI is InChI=1S/C8H20N2O3S/c1-4-5-9-14(12,13)10-8(6-11)7(2)3/h7-11H,4-6H2,1-3H3/t8-/m1/s1. The summed E-state index contributed by atoms with van der Waals surface area (Å²) in [6.07, 6.45) is 0.742. The lowest BCUT2D eigenvalue weighted by Gasteiger charge is -2.19. The zero-order chi connectivity index (χ0) is 11.2. The molecule has 3 N–H and O–H groups in total. The van der Waals surface area contributed by atoms with Crippen LogP contribution in [-0.4, -0.2) is 32.7 Å². The Kier molecular flexibility index (Phi) is 6.26. The minimum atomic E-state index is -3.46. The van der Waals surface area contributed by atoms with E-state index in [0.717, 1.165) is 6.42 Å². The molecule has 0 aliphatic heterocycles. The zero-order valence-electron chi connectivity index (χ0n) is 8.95. The van der Waals surface area contributed by atoms with Gasteiger partial charge in [0.2, 0.25) is 0 Å². The van der Waals surface area contributed by atoms with Crippen molar-refractivity contribution in [3.63, 3.8) is 0 Å². The summed E-state index contributed by atoms with van der Waals surface area (Å²) in [4.78, 5) is 0. The van der Waals surface area contributed by atoms with Crippen LogP contribution in [0.25, 0.3) is 0 Å². The van der Waals surface area contributed by atoms with Crippen LogP contribution < -0.4 is 9.44 Å². The predicted molar refractivity (Wildman–Crippen MR) is 56.1 cm³/mol. The summed E-state index contributed by atoms with van der Waals surface area (Å²) in [6.45, 7) is 5.80. The number of hydrogen-bond donors (Lipinski definition) is 3. The van der Waals surface area contributed by atoms with Crippen molar-refractivity contribution in [1.29, 1.82) is 0 Å². The summed E-state index contributed by atoms with van der Waals surface area (Å²) in [5.41, 5.74) is 0. The zero-order valence-corrected chi connectivity index (χ0v) is 9.76. The van der Waals surface area contributed by atoms with Crippen molar-refractivity contribution in [1.82, 2.24) is 9.44 Å². The van der Waals surface area contributed by atoms with Crippen molar-refractivity contribution >= 4 is 10.2 Å². The van der Waals surface area contributed by atoms with Crippen LogP contribution in [0.15, 0.2) is 0 Å². The van der Waals surface area contributed by atoms with Gasteiger partial charge in [-0.25, -0.2) is 4.72 Å². The predicted octanol–water partition coefficient (Wildman–Crippen LogP) is -0.163. The van der Waals surface area contributed by atoms with Gasteiger partial charge in [0.25, 0.3) is 10.2 Å². The SMILES string of the molecule is CCCNS(=O)(=O)N[C@H](CO)C(C)C. The summed E-state index contributed by atoms with van der Waals surface area (Å²) in [5.74, 6) is 0.0678. The normalized spacial score (nSPS) is 14.6. The van der Waals surface area contributed by atoms with Crippen LogP contribution >= 0.6 is 0 Å². The van der Waals surface area contributed by atoms with Crippen molar-refractivity contribution in [3.8, 4) is 0 Å².